The molecule has 0 saturated heterocycles. The van der Waals surface area contributed by atoms with Crippen molar-refractivity contribution in [3.8, 4) is 10.6 Å². The highest BCUT2D eigenvalue weighted by molar-refractivity contribution is 7.18. The maximum Gasteiger partial charge on any atom is 0.210 e. The first-order valence-corrected chi connectivity index (χ1v) is 10.8. The summed E-state index contributed by atoms with van der Waals surface area (Å²) >= 11 is 1.45. The summed E-state index contributed by atoms with van der Waals surface area (Å²) in [6, 6.07) is 17.3. The number of H-pyrrole nitrogens is 1. The number of nitrogens with one attached hydrogen (secondary N) is 2. The summed E-state index contributed by atoms with van der Waals surface area (Å²) in [7, 11) is 0. The molecule has 0 atom stereocenters. The van der Waals surface area contributed by atoms with Crippen LogP contribution in [0.3, 0.4) is 0 Å². The summed E-state index contributed by atoms with van der Waals surface area (Å²) < 4.78 is 0. The van der Waals surface area contributed by atoms with Gasteiger partial charge in [0, 0.05) is 41.4 Å². The Hall–Kier alpha value is -3.95. The van der Waals surface area contributed by atoms with Crippen molar-refractivity contribution in [2.45, 2.75) is 13.0 Å². The number of aromatic amines is 1. The number of ketones is 1. The monoisotopic (exact) mass is 441 g/mol. The lowest BCUT2D eigenvalue weighted by Crippen LogP contribution is -2.06. The number of nitrogens with zero attached hydrogens (tertiary/aromatic N) is 4. The van der Waals surface area contributed by atoms with Crippen LogP contribution in [0.15, 0.2) is 67.0 Å². The largest absolute Gasteiger partial charge is 0.330 e. The van der Waals surface area contributed by atoms with Gasteiger partial charge in [-0.25, -0.2) is 0 Å². The lowest BCUT2D eigenvalue weighted by molar-refractivity contribution is 0.0992. The quantitative estimate of drug-likeness (QED) is 0.325. The average molecular weight is 442 g/mol. The Morgan fingerprint density at radius 2 is 2.00 bits per heavy atom. The van der Waals surface area contributed by atoms with Crippen molar-refractivity contribution in [2.24, 2.45) is 5.73 Å². The maximum absolute atomic E-state index is 12.6. The van der Waals surface area contributed by atoms with Crippen LogP contribution in [0.4, 0.5) is 10.8 Å². The van der Waals surface area contributed by atoms with E-state index in [9.17, 15) is 4.79 Å². The molecule has 0 saturated carbocycles. The van der Waals surface area contributed by atoms with Gasteiger partial charge < -0.3 is 11.1 Å². The first kappa shape index (κ1) is 20.0. The van der Waals surface area contributed by atoms with Crippen molar-refractivity contribution < 1.29 is 4.79 Å². The van der Waals surface area contributed by atoms with E-state index in [1.807, 2.05) is 42.5 Å². The average Bonchev–Trinajstić information content (AvgIpc) is 3.48. The summed E-state index contributed by atoms with van der Waals surface area (Å²) in [5, 5.41) is 21.3. The zero-order valence-corrected chi connectivity index (χ0v) is 17.8. The summed E-state index contributed by atoms with van der Waals surface area (Å²) in [5.74, 6) is 0.00693. The Morgan fingerprint density at radius 1 is 1.06 bits per heavy atom. The molecule has 0 spiro atoms. The van der Waals surface area contributed by atoms with E-state index in [1.165, 1.54) is 11.3 Å². The fourth-order valence-electron chi connectivity index (χ4n) is 3.35. The number of hydrogen-bond acceptors (Lipinski definition) is 8. The molecule has 0 bridgehead atoms. The topological polar surface area (TPSA) is 122 Å². The molecule has 0 radical (unpaired) electrons. The van der Waals surface area contributed by atoms with Gasteiger partial charge in [-0.05, 0) is 42.0 Å². The molecular weight excluding hydrogens is 422 g/mol. The lowest BCUT2D eigenvalue weighted by Gasteiger charge is -2.04. The van der Waals surface area contributed by atoms with E-state index in [4.69, 9.17) is 5.73 Å². The molecule has 9 heteroatoms. The Bertz CT molecular complexity index is 1390. The minimum atomic E-state index is 0.00693. The van der Waals surface area contributed by atoms with Crippen LogP contribution in [0, 0.1) is 0 Å². The van der Waals surface area contributed by atoms with E-state index in [0.29, 0.717) is 17.2 Å². The van der Waals surface area contributed by atoms with Crippen LogP contribution >= 0.6 is 11.3 Å². The van der Waals surface area contributed by atoms with Crippen LogP contribution in [0.25, 0.3) is 21.5 Å². The Morgan fingerprint density at radius 3 is 2.84 bits per heavy atom. The second kappa shape index (κ2) is 8.66. The van der Waals surface area contributed by atoms with Gasteiger partial charge in [0.15, 0.2) is 5.78 Å². The van der Waals surface area contributed by atoms with E-state index >= 15 is 0 Å². The zero-order valence-electron chi connectivity index (χ0n) is 16.9. The zero-order chi connectivity index (χ0) is 21.9. The van der Waals surface area contributed by atoms with Crippen LogP contribution in [-0.2, 0) is 13.0 Å². The van der Waals surface area contributed by atoms with Gasteiger partial charge in [0.2, 0.25) is 5.13 Å². The molecule has 158 valence electrons. The Labute approximate surface area is 187 Å². The lowest BCUT2D eigenvalue weighted by atomic mass is 10.0. The van der Waals surface area contributed by atoms with Crippen LogP contribution in [0.2, 0.25) is 0 Å². The van der Waals surface area contributed by atoms with E-state index < -0.39 is 0 Å². The van der Waals surface area contributed by atoms with E-state index in [2.05, 4.69) is 30.7 Å². The molecule has 8 nitrogen and oxygen atoms in total. The number of carbonyl (C=O) groups is 1. The van der Waals surface area contributed by atoms with Crippen molar-refractivity contribution >= 4 is 38.8 Å². The van der Waals surface area contributed by atoms with Gasteiger partial charge in [-0.2, -0.15) is 5.10 Å². The number of pyridine rings is 1. The normalized spacial score (nSPS) is 11.0. The molecule has 0 amide bonds. The van der Waals surface area contributed by atoms with Gasteiger partial charge in [-0.15, -0.1) is 10.2 Å². The predicted octanol–water partition coefficient (Wildman–Crippen LogP) is 4.10. The third-order valence-electron chi connectivity index (χ3n) is 5.01. The second-order valence-corrected chi connectivity index (χ2v) is 8.23. The van der Waals surface area contributed by atoms with Crippen molar-refractivity contribution in [1.29, 1.82) is 0 Å². The molecule has 5 aromatic rings. The predicted molar refractivity (Wildman–Crippen MR) is 125 cm³/mol. The number of nitrogens with two attached hydrogens (primary N) is 1. The third kappa shape index (κ3) is 4.25. The molecule has 0 unspecified atom stereocenters. The van der Waals surface area contributed by atoms with Gasteiger partial charge in [0.05, 0.1) is 17.4 Å². The highest BCUT2D eigenvalue weighted by Crippen LogP contribution is 2.29. The van der Waals surface area contributed by atoms with Crippen LogP contribution in [0.1, 0.15) is 21.6 Å². The van der Waals surface area contributed by atoms with E-state index in [1.54, 1.807) is 24.5 Å². The molecular formula is C23H19N7OS. The van der Waals surface area contributed by atoms with Gasteiger partial charge in [-0.1, -0.05) is 29.5 Å². The highest BCUT2D eigenvalue weighted by atomic mass is 32.1. The maximum atomic E-state index is 12.6. The molecule has 3 heterocycles. The molecule has 0 aliphatic rings. The summed E-state index contributed by atoms with van der Waals surface area (Å²) in [6.45, 7) is 0.354. The number of aromatic nitrogens is 5. The number of fused-ring (bicyclic) bond motifs is 1. The summed E-state index contributed by atoms with van der Waals surface area (Å²) in [5.41, 5.74) is 10.6. The number of Topliss-reactive ketones (excluding diaryl/α,β-unsaturated/α-hetero) is 1. The fraction of sp³-hybridized carbons (Fsp3) is 0.0870. The number of hydrogen-bond donors (Lipinski definition) is 3. The van der Waals surface area contributed by atoms with Crippen LogP contribution in [-0.4, -0.2) is 31.2 Å². The van der Waals surface area contributed by atoms with E-state index in [-0.39, 0.29) is 12.2 Å². The molecule has 0 aliphatic carbocycles. The molecule has 0 fully saturated rings. The first-order valence-electron chi connectivity index (χ1n) is 9.99. The number of anilines is 2. The van der Waals surface area contributed by atoms with Gasteiger partial charge in [0.1, 0.15) is 5.01 Å². The number of rotatable bonds is 7. The van der Waals surface area contributed by atoms with Crippen molar-refractivity contribution in [3.05, 3.63) is 83.8 Å². The standard InChI is InChI=1S/C23H19N7OS/c24-11-19-5-4-16(12-25-19)21(31)9-14-2-1-3-15(8-14)22-29-30-23(32-22)27-18-6-7-20-17(10-18)13-26-28-20/h1-8,10,12-13H,9,11,24H2,(H,26,28)(H,27,30). The van der Waals surface area contributed by atoms with Gasteiger partial charge >= 0.3 is 0 Å². The van der Waals surface area contributed by atoms with Crippen LogP contribution < -0.4 is 11.1 Å². The fourth-order valence-corrected chi connectivity index (χ4v) is 4.11. The Kier molecular flexibility index (Phi) is 5.40. The molecule has 32 heavy (non-hydrogen) atoms. The Balaban J connectivity index is 1.30. The minimum absolute atomic E-state index is 0.00693. The third-order valence-corrected chi connectivity index (χ3v) is 5.90. The van der Waals surface area contributed by atoms with Gasteiger partial charge in [0.25, 0.3) is 0 Å². The van der Waals surface area contributed by atoms with E-state index in [0.717, 1.165) is 38.4 Å². The smallest absolute Gasteiger partial charge is 0.210 e. The van der Waals surface area contributed by atoms with Crippen molar-refractivity contribution in [1.82, 2.24) is 25.4 Å². The van der Waals surface area contributed by atoms with Crippen molar-refractivity contribution in [3.63, 3.8) is 0 Å². The highest BCUT2D eigenvalue weighted by Gasteiger charge is 2.11. The number of benzene rings is 2. The molecule has 2 aromatic carbocycles. The van der Waals surface area contributed by atoms with Gasteiger partial charge in [-0.3, -0.25) is 14.9 Å². The second-order valence-electron chi connectivity index (χ2n) is 7.25. The van der Waals surface area contributed by atoms with Crippen molar-refractivity contribution in [2.75, 3.05) is 5.32 Å². The van der Waals surface area contributed by atoms with Crippen LogP contribution in [0.5, 0.6) is 0 Å². The molecule has 0 aliphatic heterocycles. The SMILES string of the molecule is NCc1ccc(C(=O)Cc2cccc(-c3nnc(Nc4ccc5[nH]ncc5c4)s3)c2)cn1. The number of carbonyl (C=O) groups excluding carboxylic acids is 1. The minimum Gasteiger partial charge on any atom is -0.330 e. The molecule has 4 N–H and O–H groups in total. The summed E-state index contributed by atoms with van der Waals surface area (Å²) in [6.07, 6.45) is 3.64. The molecule has 3 aromatic heterocycles. The summed E-state index contributed by atoms with van der Waals surface area (Å²) in [4.78, 5) is 16.8. The first-order chi connectivity index (χ1) is 15.7. The molecule has 5 rings (SSSR count).